The van der Waals surface area contributed by atoms with E-state index < -0.39 is 0 Å². The van der Waals surface area contributed by atoms with Crippen molar-refractivity contribution >= 4 is 22.6 Å². The third-order valence-corrected chi connectivity index (χ3v) is 6.85. The first-order chi connectivity index (χ1) is 17.7. The minimum absolute atomic E-state index is 0.316. The molecule has 0 aliphatic carbocycles. The summed E-state index contributed by atoms with van der Waals surface area (Å²) in [6.07, 6.45) is 8.87. The lowest BCUT2D eigenvalue weighted by Crippen LogP contribution is -2.46. The molecule has 0 unspecified atom stereocenters. The van der Waals surface area contributed by atoms with Crippen LogP contribution in [-0.4, -0.2) is 51.8 Å². The molecule has 0 saturated carbocycles. The highest BCUT2D eigenvalue weighted by Gasteiger charge is 2.19. The summed E-state index contributed by atoms with van der Waals surface area (Å²) in [5.74, 6) is 1.25. The maximum Gasteiger partial charge on any atom is 0.147 e. The predicted molar refractivity (Wildman–Crippen MR) is 145 cm³/mol. The van der Waals surface area contributed by atoms with Crippen LogP contribution in [-0.2, 0) is 17.8 Å². The normalized spacial score (nSPS) is 14.3. The van der Waals surface area contributed by atoms with Gasteiger partial charge < -0.3 is 4.90 Å². The molecule has 0 spiro atoms. The first kappa shape index (κ1) is 24.1. The lowest BCUT2D eigenvalue weighted by atomic mass is 10.00. The van der Waals surface area contributed by atoms with E-state index in [9.17, 15) is 4.79 Å². The van der Waals surface area contributed by atoms with Crippen LogP contribution < -0.4 is 4.90 Å². The minimum Gasteiger partial charge on any atom is -0.353 e. The first-order valence-electron chi connectivity index (χ1n) is 12.9. The molecule has 0 amide bonds. The summed E-state index contributed by atoms with van der Waals surface area (Å²) in [7, 11) is 0. The quantitative estimate of drug-likeness (QED) is 0.324. The van der Waals surface area contributed by atoms with Gasteiger partial charge in [0.25, 0.3) is 0 Å². The van der Waals surface area contributed by atoms with E-state index >= 15 is 0 Å². The van der Waals surface area contributed by atoms with E-state index in [2.05, 4.69) is 69.2 Å². The van der Waals surface area contributed by atoms with Crippen LogP contribution in [0.5, 0.6) is 0 Å². The van der Waals surface area contributed by atoms with Crippen molar-refractivity contribution in [2.75, 3.05) is 31.1 Å². The molecule has 0 atom stereocenters. The van der Waals surface area contributed by atoms with E-state index in [1.165, 1.54) is 5.56 Å². The number of ketones is 1. The number of carbonyl (C=O) groups excluding carboxylic acids is 1. The molecule has 6 nitrogen and oxygen atoms in total. The van der Waals surface area contributed by atoms with Gasteiger partial charge in [0.2, 0.25) is 0 Å². The average Bonchev–Trinajstić information content (AvgIpc) is 2.93. The third-order valence-electron chi connectivity index (χ3n) is 6.85. The van der Waals surface area contributed by atoms with Gasteiger partial charge in [0.15, 0.2) is 0 Å². The summed E-state index contributed by atoms with van der Waals surface area (Å²) >= 11 is 0. The highest BCUT2D eigenvalue weighted by molar-refractivity contribution is 5.83. The Morgan fingerprint density at radius 2 is 1.69 bits per heavy atom. The van der Waals surface area contributed by atoms with Gasteiger partial charge in [-0.1, -0.05) is 49.7 Å². The molecular weight excluding hydrogens is 446 g/mol. The Morgan fingerprint density at radius 1 is 0.889 bits per heavy atom. The maximum absolute atomic E-state index is 12.1. The van der Waals surface area contributed by atoms with Crippen LogP contribution in [0.1, 0.15) is 37.3 Å². The Hall–Kier alpha value is -3.64. The number of hydrogen-bond acceptors (Lipinski definition) is 6. The van der Waals surface area contributed by atoms with Gasteiger partial charge >= 0.3 is 0 Å². The van der Waals surface area contributed by atoms with Crippen molar-refractivity contribution in [2.24, 2.45) is 0 Å². The molecular formula is C30H33N5O. The van der Waals surface area contributed by atoms with Gasteiger partial charge in [0.1, 0.15) is 11.6 Å². The van der Waals surface area contributed by atoms with Crippen molar-refractivity contribution in [3.8, 4) is 11.1 Å². The van der Waals surface area contributed by atoms with Crippen molar-refractivity contribution in [2.45, 2.75) is 39.2 Å². The summed E-state index contributed by atoms with van der Waals surface area (Å²) in [6, 6.07) is 18.7. The van der Waals surface area contributed by atoms with Crippen LogP contribution in [0.15, 0.2) is 73.2 Å². The Morgan fingerprint density at radius 3 is 2.44 bits per heavy atom. The molecule has 2 aromatic carbocycles. The first-order valence-corrected chi connectivity index (χ1v) is 12.9. The average molecular weight is 480 g/mol. The van der Waals surface area contributed by atoms with Crippen molar-refractivity contribution in [1.29, 1.82) is 0 Å². The zero-order valence-corrected chi connectivity index (χ0v) is 20.9. The molecule has 0 N–H and O–H groups in total. The van der Waals surface area contributed by atoms with E-state index in [-0.39, 0.29) is 0 Å². The molecule has 3 heterocycles. The number of fused-ring (bicyclic) bond motifs is 1. The molecule has 4 aromatic rings. The Kier molecular flexibility index (Phi) is 7.62. The van der Waals surface area contributed by atoms with Crippen LogP contribution in [0.2, 0.25) is 0 Å². The second kappa shape index (κ2) is 11.4. The van der Waals surface area contributed by atoms with Crippen LogP contribution in [0.4, 0.5) is 5.82 Å². The summed E-state index contributed by atoms with van der Waals surface area (Å²) in [4.78, 5) is 30.8. The number of unbranched alkanes of at least 4 members (excludes halogenated alkanes) is 1. The van der Waals surface area contributed by atoms with E-state index in [1.807, 2.05) is 30.7 Å². The van der Waals surface area contributed by atoms with Crippen molar-refractivity contribution in [3.05, 3.63) is 84.3 Å². The van der Waals surface area contributed by atoms with E-state index in [0.717, 1.165) is 79.1 Å². The number of rotatable bonds is 9. The Balaban J connectivity index is 1.25. The molecule has 1 aliphatic heterocycles. The summed E-state index contributed by atoms with van der Waals surface area (Å²) in [5, 5.41) is 0. The molecule has 6 heteroatoms. The standard InChI is InChI=1S/C30H33N5O/c1-2-3-6-27(36)18-23-7-9-25(10-8-23)26-11-12-28-29(19-26)33-30(21-32-28)35-16-14-34(15-17-35)22-24-5-4-13-31-20-24/h4-5,7-13,19-21H,2-3,6,14-18,22H2,1H3. The molecule has 0 radical (unpaired) electrons. The van der Waals surface area contributed by atoms with Gasteiger partial charge in [-0.05, 0) is 46.9 Å². The molecule has 5 rings (SSSR count). The zero-order valence-electron chi connectivity index (χ0n) is 20.9. The van der Waals surface area contributed by atoms with Crippen LogP contribution >= 0.6 is 0 Å². The van der Waals surface area contributed by atoms with Crippen LogP contribution in [0.3, 0.4) is 0 Å². The van der Waals surface area contributed by atoms with Crippen molar-refractivity contribution in [1.82, 2.24) is 19.9 Å². The molecule has 1 fully saturated rings. The summed E-state index contributed by atoms with van der Waals surface area (Å²) in [6.45, 7) is 6.88. The second-order valence-corrected chi connectivity index (χ2v) is 9.57. The number of pyridine rings is 1. The fourth-order valence-corrected chi connectivity index (χ4v) is 4.72. The number of piperazine rings is 1. The number of nitrogens with zero attached hydrogens (tertiary/aromatic N) is 5. The second-order valence-electron chi connectivity index (χ2n) is 9.57. The minimum atomic E-state index is 0.316. The molecule has 2 aromatic heterocycles. The van der Waals surface area contributed by atoms with Gasteiger partial charge in [-0.2, -0.15) is 0 Å². The van der Waals surface area contributed by atoms with Gasteiger partial charge in [0.05, 0.1) is 17.2 Å². The molecule has 1 aliphatic rings. The number of aromatic nitrogens is 3. The highest BCUT2D eigenvalue weighted by atomic mass is 16.1. The lowest BCUT2D eigenvalue weighted by Gasteiger charge is -2.35. The lowest BCUT2D eigenvalue weighted by molar-refractivity contribution is -0.118. The van der Waals surface area contributed by atoms with Crippen LogP contribution in [0.25, 0.3) is 22.2 Å². The Bertz CT molecular complexity index is 1300. The smallest absolute Gasteiger partial charge is 0.147 e. The summed E-state index contributed by atoms with van der Waals surface area (Å²) < 4.78 is 0. The number of Topliss-reactive ketones (excluding diaryl/α,β-unsaturated/α-hetero) is 1. The third kappa shape index (κ3) is 5.94. The van der Waals surface area contributed by atoms with Crippen molar-refractivity contribution < 1.29 is 4.79 Å². The number of carbonyl (C=O) groups is 1. The largest absolute Gasteiger partial charge is 0.353 e. The number of benzene rings is 2. The fraction of sp³-hybridized carbons (Fsp3) is 0.333. The topological polar surface area (TPSA) is 62.2 Å². The van der Waals surface area contributed by atoms with Gasteiger partial charge in [-0.3, -0.25) is 19.7 Å². The fourth-order valence-electron chi connectivity index (χ4n) is 4.72. The molecule has 0 bridgehead atoms. The SMILES string of the molecule is CCCCC(=O)Cc1ccc(-c2ccc3ncc(N4CCN(Cc5cccnc5)CC4)nc3c2)cc1. The number of anilines is 1. The van der Waals surface area contributed by atoms with Gasteiger partial charge in [-0.15, -0.1) is 0 Å². The summed E-state index contributed by atoms with van der Waals surface area (Å²) in [5.41, 5.74) is 6.36. The monoisotopic (exact) mass is 479 g/mol. The van der Waals surface area contributed by atoms with E-state index in [1.54, 1.807) is 0 Å². The van der Waals surface area contributed by atoms with Crippen molar-refractivity contribution in [3.63, 3.8) is 0 Å². The van der Waals surface area contributed by atoms with E-state index in [0.29, 0.717) is 18.6 Å². The molecule has 184 valence electrons. The van der Waals surface area contributed by atoms with Gasteiger partial charge in [0, 0.05) is 58.0 Å². The Labute approximate surface area is 213 Å². The highest BCUT2D eigenvalue weighted by Crippen LogP contribution is 2.25. The van der Waals surface area contributed by atoms with E-state index in [4.69, 9.17) is 4.98 Å². The molecule has 1 saturated heterocycles. The van der Waals surface area contributed by atoms with Crippen LogP contribution in [0, 0.1) is 0 Å². The zero-order chi connectivity index (χ0) is 24.7. The number of hydrogen-bond donors (Lipinski definition) is 0. The van der Waals surface area contributed by atoms with Gasteiger partial charge in [-0.25, -0.2) is 4.98 Å². The molecule has 36 heavy (non-hydrogen) atoms. The predicted octanol–water partition coefficient (Wildman–Crippen LogP) is 5.32. The maximum atomic E-state index is 12.1.